The average Bonchev–Trinajstić information content (AvgIpc) is 3.60. The largest absolute Gasteiger partial charge is 0.492 e. The second-order valence-electron chi connectivity index (χ2n) is 13.9. The topological polar surface area (TPSA) is 189 Å². The molecule has 5 N–H and O–H groups in total. The zero-order valence-corrected chi connectivity index (χ0v) is 35.1. The summed E-state index contributed by atoms with van der Waals surface area (Å²) in [7, 11) is -3.59. The summed E-state index contributed by atoms with van der Waals surface area (Å²) in [5.41, 5.74) is 6.80. The molecule has 16 heteroatoms. The number of sulfone groups is 1. The van der Waals surface area contributed by atoms with Gasteiger partial charge < -0.3 is 40.2 Å². The summed E-state index contributed by atoms with van der Waals surface area (Å²) in [6, 6.07) is 21.4. The summed E-state index contributed by atoms with van der Waals surface area (Å²) in [4.78, 5) is 19.3. The molecule has 4 aromatic rings. The molecule has 1 aromatic heterocycles. The highest BCUT2D eigenvalue weighted by atomic mass is 35.5. The minimum atomic E-state index is -3.59. The van der Waals surface area contributed by atoms with E-state index in [1.165, 1.54) is 6.08 Å². The van der Waals surface area contributed by atoms with Crippen LogP contribution in [0.4, 0.5) is 0 Å². The lowest BCUT2D eigenvalue weighted by Crippen LogP contribution is -2.28. The van der Waals surface area contributed by atoms with Crippen LogP contribution in [-0.4, -0.2) is 93.2 Å². The molecule has 0 unspecified atom stereocenters. The number of allylic oxidation sites excluding steroid dienone is 1. The minimum absolute atomic E-state index is 0.0155. The quantitative estimate of drug-likeness (QED) is 0.0325. The lowest BCUT2D eigenvalue weighted by molar-refractivity contribution is -0.139. The Kier molecular flexibility index (Phi) is 16.5. The Labute approximate surface area is 354 Å². The molecule has 13 nitrogen and oxygen atoms in total. The standard InChI is InChI=1S/C43H48Cl2N4O9S/c1-27(20-32(25-46-2)59(3,54)55)26-57-42-29(23-48-24-30(51)22-40(52)53)21-38(44)43(49-42)58-39-15-14-35-34(7-5-8-36(35)39)37-9-4-6-33(41(37)45)28-10-12-31(13-11-28)56-19-17-47-16-18-50/h4-13,20-21,25,30,39,47-48,50-51H,2,14-19,22-24,26H2,1,3H3,(H,52,53)/b27-20+,32-25+/t30-,39-/m0/s1. The number of nitrogens with one attached hydrogen (secondary N) is 2. The monoisotopic (exact) mass is 866 g/mol. The number of aliphatic hydroxyl groups excluding tert-OH is 2. The molecule has 0 fully saturated rings. The molecule has 0 saturated carbocycles. The molecule has 1 aliphatic carbocycles. The van der Waals surface area contributed by atoms with Crippen molar-refractivity contribution in [3.05, 3.63) is 116 Å². The van der Waals surface area contributed by atoms with Gasteiger partial charge in [0.2, 0.25) is 11.8 Å². The number of carboxylic acid groups (broad SMARTS) is 1. The van der Waals surface area contributed by atoms with E-state index in [0.29, 0.717) is 48.7 Å². The Morgan fingerprint density at radius 2 is 1.76 bits per heavy atom. The van der Waals surface area contributed by atoms with Gasteiger partial charge in [-0.05, 0) is 78.6 Å². The number of carboxylic acids is 1. The van der Waals surface area contributed by atoms with E-state index in [9.17, 15) is 18.3 Å². The Bertz CT molecular complexity index is 2290. The number of rotatable bonds is 22. The number of fused-ring (bicyclic) bond motifs is 1. The molecule has 0 aliphatic heterocycles. The van der Waals surface area contributed by atoms with Crippen LogP contribution >= 0.6 is 23.2 Å². The minimum Gasteiger partial charge on any atom is -0.492 e. The van der Waals surface area contributed by atoms with Crippen molar-refractivity contribution in [2.75, 3.05) is 45.7 Å². The number of carbonyl (C=O) groups is 1. The highest BCUT2D eigenvalue weighted by Crippen LogP contribution is 2.45. The normalized spacial score (nSPS) is 14.8. The van der Waals surface area contributed by atoms with Gasteiger partial charge in [0.15, 0.2) is 9.84 Å². The van der Waals surface area contributed by atoms with E-state index in [2.05, 4.69) is 27.3 Å². The van der Waals surface area contributed by atoms with Crippen molar-refractivity contribution in [1.29, 1.82) is 0 Å². The Morgan fingerprint density at radius 1 is 1.03 bits per heavy atom. The molecule has 59 heavy (non-hydrogen) atoms. The third kappa shape index (κ3) is 12.6. The highest BCUT2D eigenvalue weighted by Gasteiger charge is 2.29. The third-order valence-electron chi connectivity index (χ3n) is 9.32. The van der Waals surface area contributed by atoms with E-state index < -0.39 is 34.4 Å². The lowest BCUT2D eigenvalue weighted by atomic mass is 9.94. The van der Waals surface area contributed by atoms with E-state index in [4.69, 9.17) is 47.6 Å². The molecule has 0 amide bonds. The first-order valence-electron chi connectivity index (χ1n) is 18.9. The van der Waals surface area contributed by atoms with Gasteiger partial charge in [-0.15, -0.1) is 0 Å². The van der Waals surface area contributed by atoms with E-state index in [-0.39, 0.29) is 48.0 Å². The number of aliphatic hydroxyl groups is 2. The van der Waals surface area contributed by atoms with Gasteiger partial charge in [0.05, 0.1) is 29.1 Å². The number of nitrogens with zero attached hydrogens (tertiary/aromatic N) is 2. The number of aromatic nitrogens is 1. The van der Waals surface area contributed by atoms with Gasteiger partial charge in [-0.1, -0.05) is 71.7 Å². The van der Waals surface area contributed by atoms with Crippen LogP contribution in [-0.2, 0) is 27.6 Å². The number of hydrogen-bond donors (Lipinski definition) is 5. The fourth-order valence-corrected chi connectivity index (χ4v) is 7.77. The van der Waals surface area contributed by atoms with E-state index in [0.717, 1.165) is 51.6 Å². The number of aliphatic carboxylic acids is 1. The number of hydrogen-bond acceptors (Lipinski definition) is 12. The molecule has 1 heterocycles. The summed E-state index contributed by atoms with van der Waals surface area (Å²) in [6.07, 6.45) is 3.04. The van der Waals surface area contributed by atoms with E-state index >= 15 is 0 Å². The van der Waals surface area contributed by atoms with Gasteiger partial charge in [0.25, 0.3) is 0 Å². The van der Waals surface area contributed by atoms with E-state index in [1.54, 1.807) is 13.0 Å². The summed E-state index contributed by atoms with van der Waals surface area (Å²) >= 11 is 13.9. The van der Waals surface area contributed by atoms with Crippen molar-refractivity contribution in [2.45, 2.75) is 44.9 Å². The van der Waals surface area contributed by atoms with Crippen LogP contribution in [0.25, 0.3) is 22.3 Å². The highest BCUT2D eigenvalue weighted by molar-refractivity contribution is 7.94. The second-order valence-corrected chi connectivity index (χ2v) is 16.7. The van der Waals surface area contributed by atoms with Gasteiger partial charge in [-0.3, -0.25) is 9.79 Å². The van der Waals surface area contributed by atoms with E-state index in [1.807, 2.05) is 60.7 Å². The zero-order chi connectivity index (χ0) is 42.5. The maximum absolute atomic E-state index is 12.2. The maximum Gasteiger partial charge on any atom is 0.306 e. The molecule has 0 bridgehead atoms. The third-order valence-corrected chi connectivity index (χ3v) is 11.1. The van der Waals surface area contributed by atoms with Crippen LogP contribution in [0.15, 0.2) is 94.5 Å². The number of benzene rings is 3. The van der Waals surface area contributed by atoms with Gasteiger partial charge in [0.1, 0.15) is 30.1 Å². The van der Waals surface area contributed by atoms with Crippen LogP contribution in [0.2, 0.25) is 10.0 Å². The predicted octanol–water partition coefficient (Wildman–Crippen LogP) is 6.59. The molecule has 2 atom stereocenters. The smallest absolute Gasteiger partial charge is 0.306 e. The molecule has 1 aliphatic rings. The van der Waals surface area contributed by atoms with Crippen LogP contribution in [0, 0.1) is 0 Å². The van der Waals surface area contributed by atoms with Gasteiger partial charge in [-0.2, -0.15) is 4.98 Å². The molecular formula is C43H48Cl2N4O9S. The van der Waals surface area contributed by atoms with Crippen LogP contribution in [0.5, 0.6) is 17.5 Å². The van der Waals surface area contributed by atoms with Crippen molar-refractivity contribution >= 4 is 45.7 Å². The number of ether oxygens (including phenoxy) is 3. The predicted molar refractivity (Wildman–Crippen MR) is 230 cm³/mol. The SMILES string of the molecule is C=N/C=C(\C=C(/C)COc1nc(O[C@H]2CCc3c(-c4cccc(-c5ccc(OCCNCCO)cc5)c4Cl)cccc32)c(Cl)cc1CNC[C@@H](O)CC(=O)O)S(C)(=O)=O. The van der Waals surface area contributed by atoms with Crippen molar-refractivity contribution in [3.8, 4) is 39.8 Å². The summed E-state index contributed by atoms with van der Waals surface area (Å²) in [5, 5.41) is 34.9. The van der Waals surface area contributed by atoms with Crippen LogP contribution in [0.1, 0.15) is 42.6 Å². The second kappa shape index (κ2) is 21.5. The number of halogens is 2. The molecule has 5 rings (SSSR count). The Hall–Kier alpha value is -4.80. The first-order chi connectivity index (χ1) is 28.3. The van der Waals surface area contributed by atoms with Gasteiger partial charge in [0, 0.05) is 55.3 Å². The van der Waals surface area contributed by atoms with Crippen LogP contribution in [0.3, 0.4) is 0 Å². The van der Waals surface area contributed by atoms with Crippen molar-refractivity contribution < 1.29 is 42.7 Å². The molecule has 0 saturated heterocycles. The number of pyridine rings is 1. The molecule has 0 radical (unpaired) electrons. The van der Waals surface area contributed by atoms with Crippen molar-refractivity contribution in [3.63, 3.8) is 0 Å². The average molecular weight is 868 g/mol. The maximum atomic E-state index is 12.2. The zero-order valence-electron chi connectivity index (χ0n) is 32.8. The molecule has 0 spiro atoms. The number of aliphatic imine (C=N–C) groups is 1. The Balaban J connectivity index is 1.38. The summed E-state index contributed by atoms with van der Waals surface area (Å²) in [5.74, 6) is -0.121. The fraction of sp³-hybridized carbons (Fsp3) is 0.326. The first-order valence-corrected chi connectivity index (χ1v) is 21.5. The fourth-order valence-electron chi connectivity index (χ4n) is 6.54. The van der Waals surface area contributed by atoms with Gasteiger partial charge >= 0.3 is 5.97 Å². The molecule has 3 aromatic carbocycles. The molecular weight excluding hydrogens is 819 g/mol. The molecule has 314 valence electrons. The lowest BCUT2D eigenvalue weighted by Gasteiger charge is -2.19. The summed E-state index contributed by atoms with van der Waals surface area (Å²) in [6.45, 7) is 6.79. The Morgan fingerprint density at radius 3 is 2.47 bits per heavy atom. The van der Waals surface area contributed by atoms with Gasteiger partial charge in [-0.25, -0.2) is 8.42 Å². The van der Waals surface area contributed by atoms with Crippen molar-refractivity contribution in [2.24, 2.45) is 4.99 Å². The van der Waals surface area contributed by atoms with Crippen molar-refractivity contribution in [1.82, 2.24) is 15.6 Å². The van der Waals surface area contributed by atoms with Crippen LogP contribution < -0.4 is 24.8 Å². The first kappa shape index (κ1) is 45.3. The summed E-state index contributed by atoms with van der Waals surface area (Å²) < 4.78 is 42.9.